The lowest BCUT2D eigenvalue weighted by molar-refractivity contribution is -0.385. The highest BCUT2D eigenvalue weighted by Crippen LogP contribution is 2.26. The van der Waals surface area contributed by atoms with Gasteiger partial charge in [0.25, 0.3) is 5.69 Å². The monoisotopic (exact) mass is 409 g/mol. The zero-order valence-electron chi connectivity index (χ0n) is 12.8. The SMILES string of the molecule is C=CCN(Cc1ccc(Br)s1)Cc1ccc(C(N)=O)cc1[N+](=O)[O-]. The van der Waals surface area contributed by atoms with Crippen molar-refractivity contribution in [2.45, 2.75) is 13.1 Å². The summed E-state index contributed by atoms with van der Waals surface area (Å²) >= 11 is 5.04. The van der Waals surface area contributed by atoms with E-state index in [0.29, 0.717) is 25.2 Å². The Labute approximate surface area is 151 Å². The number of nitro benzene ring substituents is 1. The van der Waals surface area contributed by atoms with Gasteiger partial charge in [0, 0.05) is 41.7 Å². The minimum Gasteiger partial charge on any atom is -0.366 e. The summed E-state index contributed by atoms with van der Waals surface area (Å²) in [6, 6.07) is 8.30. The van der Waals surface area contributed by atoms with Crippen LogP contribution in [0.3, 0.4) is 0 Å². The highest BCUT2D eigenvalue weighted by Gasteiger charge is 2.19. The lowest BCUT2D eigenvalue weighted by Crippen LogP contribution is -2.23. The van der Waals surface area contributed by atoms with Crippen LogP contribution in [-0.4, -0.2) is 22.3 Å². The molecule has 1 amide bonds. The zero-order chi connectivity index (χ0) is 17.7. The molecule has 2 rings (SSSR count). The summed E-state index contributed by atoms with van der Waals surface area (Å²) < 4.78 is 1.04. The number of hydrogen-bond acceptors (Lipinski definition) is 5. The van der Waals surface area contributed by atoms with Crippen molar-refractivity contribution >= 4 is 38.9 Å². The summed E-state index contributed by atoms with van der Waals surface area (Å²) in [5.74, 6) is -0.684. The number of thiophene rings is 1. The molecule has 0 saturated carbocycles. The predicted molar refractivity (Wildman–Crippen MR) is 97.9 cm³/mol. The van der Waals surface area contributed by atoms with Gasteiger partial charge in [-0.25, -0.2) is 0 Å². The Bertz CT molecular complexity index is 776. The lowest BCUT2D eigenvalue weighted by Gasteiger charge is -2.20. The van der Waals surface area contributed by atoms with Crippen molar-refractivity contribution in [2.24, 2.45) is 5.73 Å². The number of nitro groups is 1. The van der Waals surface area contributed by atoms with Gasteiger partial charge in [-0.1, -0.05) is 12.1 Å². The number of carbonyl (C=O) groups excluding carboxylic acids is 1. The van der Waals surface area contributed by atoms with Crippen molar-refractivity contribution in [3.05, 3.63) is 72.9 Å². The van der Waals surface area contributed by atoms with Crippen molar-refractivity contribution in [1.29, 1.82) is 0 Å². The van der Waals surface area contributed by atoms with Gasteiger partial charge >= 0.3 is 0 Å². The predicted octanol–water partition coefficient (Wildman–Crippen LogP) is 3.71. The maximum absolute atomic E-state index is 11.3. The van der Waals surface area contributed by atoms with E-state index in [4.69, 9.17) is 5.73 Å². The van der Waals surface area contributed by atoms with Crippen LogP contribution in [0.25, 0.3) is 0 Å². The van der Waals surface area contributed by atoms with E-state index in [1.165, 1.54) is 12.1 Å². The van der Waals surface area contributed by atoms with Gasteiger partial charge in [0.15, 0.2) is 0 Å². The first-order valence-electron chi connectivity index (χ1n) is 7.05. The first-order valence-corrected chi connectivity index (χ1v) is 8.66. The number of amides is 1. The Kier molecular flexibility index (Phi) is 6.24. The van der Waals surface area contributed by atoms with Crippen molar-refractivity contribution in [2.75, 3.05) is 6.54 Å². The maximum Gasteiger partial charge on any atom is 0.274 e. The number of benzene rings is 1. The molecule has 6 nitrogen and oxygen atoms in total. The number of nitrogens with zero attached hydrogens (tertiary/aromatic N) is 2. The minimum absolute atomic E-state index is 0.104. The largest absolute Gasteiger partial charge is 0.366 e. The average molecular weight is 410 g/mol. The number of rotatable bonds is 8. The van der Waals surface area contributed by atoms with E-state index in [-0.39, 0.29) is 11.3 Å². The van der Waals surface area contributed by atoms with Crippen LogP contribution in [0, 0.1) is 10.1 Å². The Morgan fingerprint density at radius 2 is 2.12 bits per heavy atom. The molecule has 0 aliphatic carbocycles. The van der Waals surface area contributed by atoms with Crippen LogP contribution < -0.4 is 5.73 Å². The Balaban J connectivity index is 2.26. The minimum atomic E-state index is -0.684. The van der Waals surface area contributed by atoms with Gasteiger partial charge in [0.05, 0.1) is 8.71 Å². The first-order chi connectivity index (χ1) is 11.4. The van der Waals surface area contributed by atoms with E-state index >= 15 is 0 Å². The molecule has 0 radical (unpaired) electrons. The lowest BCUT2D eigenvalue weighted by atomic mass is 10.1. The van der Waals surface area contributed by atoms with E-state index in [9.17, 15) is 14.9 Å². The Hall–Kier alpha value is -2.03. The van der Waals surface area contributed by atoms with E-state index in [1.54, 1.807) is 23.5 Å². The van der Waals surface area contributed by atoms with Crippen LogP contribution >= 0.6 is 27.3 Å². The van der Waals surface area contributed by atoms with Crippen LogP contribution in [-0.2, 0) is 13.1 Å². The van der Waals surface area contributed by atoms with E-state index < -0.39 is 10.8 Å². The fourth-order valence-electron chi connectivity index (χ4n) is 2.29. The van der Waals surface area contributed by atoms with E-state index in [0.717, 1.165) is 8.66 Å². The highest BCUT2D eigenvalue weighted by molar-refractivity contribution is 9.11. The quantitative estimate of drug-likeness (QED) is 0.408. The Morgan fingerprint density at radius 1 is 1.38 bits per heavy atom. The molecule has 0 fully saturated rings. The van der Waals surface area contributed by atoms with E-state index in [2.05, 4.69) is 22.5 Å². The van der Waals surface area contributed by atoms with E-state index in [1.807, 2.05) is 17.0 Å². The first kappa shape index (κ1) is 18.3. The number of carbonyl (C=O) groups is 1. The second-order valence-electron chi connectivity index (χ2n) is 5.13. The number of nitrogens with two attached hydrogens (primary N) is 1. The van der Waals surface area contributed by atoms with Gasteiger partial charge < -0.3 is 5.73 Å². The molecule has 8 heteroatoms. The molecule has 0 atom stereocenters. The zero-order valence-corrected chi connectivity index (χ0v) is 15.2. The maximum atomic E-state index is 11.3. The average Bonchev–Trinajstić information content (AvgIpc) is 2.92. The summed E-state index contributed by atoms with van der Waals surface area (Å²) in [4.78, 5) is 25.2. The third kappa shape index (κ3) is 4.73. The fourth-order valence-corrected chi connectivity index (χ4v) is 3.81. The Morgan fingerprint density at radius 3 is 2.67 bits per heavy atom. The molecule has 0 spiro atoms. The molecule has 2 aromatic rings. The molecule has 0 unspecified atom stereocenters. The number of primary amides is 1. The van der Waals surface area contributed by atoms with Crippen LogP contribution in [0.2, 0.25) is 0 Å². The summed E-state index contributed by atoms with van der Waals surface area (Å²) in [6.45, 7) is 5.35. The molecule has 24 heavy (non-hydrogen) atoms. The second kappa shape index (κ2) is 8.18. The molecule has 0 saturated heterocycles. The number of hydrogen-bond donors (Lipinski definition) is 1. The van der Waals surface area contributed by atoms with Gasteiger partial charge in [-0.05, 0) is 34.1 Å². The van der Waals surface area contributed by atoms with Gasteiger partial charge in [0.2, 0.25) is 5.91 Å². The standard InChI is InChI=1S/C16H16BrN3O3S/c1-2-7-19(10-13-5-6-15(17)24-13)9-12-4-3-11(16(18)21)8-14(12)20(22)23/h2-6,8H,1,7,9-10H2,(H2,18,21). The topological polar surface area (TPSA) is 89.5 Å². The molecule has 0 aliphatic rings. The molecular formula is C16H16BrN3O3S. The molecule has 126 valence electrons. The molecule has 0 aliphatic heterocycles. The van der Waals surface area contributed by atoms with Crippen molar-refractivity contribution in [3.8, 4) is 0 Å². The second-order valence-corrected chi connectivity index (χ2v) is 7.68. The van der Waals surface area contributed by atoms with Crippen LogP contribution in [0.15, 0.2) is 46.8 Å². The molecule has 1 aromatic heterocycles. The molecule has 1 heterocycles. The summed E-state index contributed by atoms with van der Waals surface area (Å²) in [7, 11) is 0. The van der Waals surface area contributed by atoms with Gasteiger partial charge in [0.1, 0.15) is 0 Å². The number of halogens is 1. The van der Waals surface area contributed by atoms with Crippen LogP contribution in [0.4, 0.5) is 5.69 Å². The third-order valence-electron chi connectivity index (χ3n) is 3.36. The highest BCUT2D eigenvalue weighted by atomic mass is 79.9. The van der Waals surface area contributed by atoms with Gasteiger partial charge in [-0.3, -0.25) is 19.8 Å². The normalized spacial score (nSPS) is 10.8. The molecule has 0 bridgehead atoms. The molecular weight excluding hydrogens is 394 g/mol. The van der Waals surface area contributed by atoms with Gasteiger partial charge in [-0.2, -0.15) is 0 Å². The van der Waals surface area contributed by atoms with Crippen molar-refractivity contribution in [3.63, 3.8) is 0 Å². The smallest absolute Gasteiger partial charge is 0.274 e. The van der Waals surface area contributed by atoms with Crippen molar-refractivity contribution < 1.29 is 9.72 Å². The molecule has 1 aromatic carbocycles. The summed E-state index contributed by atoms with van der Waals surface area (Å²) in [6.07, 6.45) is 1.76. The summed E-state index contributed by atoms with van der Waals surface area (Å²) in [5, 5.41) is 11.3. The van der Waals surface area contributed by atoms with Crippen LogP contribution in [0.5, 0.6) is 0 Å². The van der Waals surface area contributed by atoms with Crippen molar-refractivity contribution in [1.82, 2.24) is 4.90 Å². The summed E-state index contributed by atoms with van der Waals surface area (Å²) in [5.41, 5.74) is 5.75. The molecule has 2 N–H and O–H groups in total. The van der Waals surface area contributed by atoms with Gasteiger partial charge in [-0.15, -0.1) is 17.9 Å². The fraction of sp³-hybridized carbons (Fsp3) is 0.188. The third-order valence-corrected chi connectivity index (χ3v) is 4.96. The van der Waals surface area contributed by atoms with Crippen LogP contribution in [0.1, 0.15) is 20.8 Å².